The molecule has 17 heavy (non-hydrogen) atoms. The highest BCUT2D eigenvalue weighted by atomic mass is 15.3. The van der Waals surface area contributed by atoms with Gasteiger partial charge in [-0.1, -0.05) is 13.8 Å². The smallest absolute Gasteiger partial charge is 0.0657 e. The van der Waals surface area contributed by atoms with Crippen molar-refractivity contribution in [3.8, 4) is 0 Å². The molecule has 0 aromatic carbocycles. The molecule has 4 heteroatoms. The van der Waals surface area contributed by atoms with Gasteiger partial charge in [0.1, 0.15) is 0 Å². The predicted molar refractivity (Wildman–Crippen MR) is 72.3 cm³/mol. The Morgan fingerprint density at radius 3 is 2.41 bits per heavy atom. The number of rotatable bonds is 7. The fourth-order valence-corrected chi connectivity index (χ4v) is 2.18. The monoisotopic (exact) mass is 238 g/mol. The third-order valence-electron chi connectivity index (χ3n) is 3.07. The summed E-state index contributed by atoms with van der Waals surface area (Å²) in [5.74, 6) is 0. The average molecular weight is 238 g/mol. The quantitative estimate of drug-likeness (QED) is 0.773. The molecule has 1 heterocycles. The molecule has 4 nitrogen and oxygen atoms in total. The molecular formula is C13H26N4. The summed E-state index contributed by atoms with van der Waals surface area (Å²) >= 11 is 0. The zero-order chi connectivity index (χ0) is 12.8. The Labute approximate surface area is 105 Å². The van der Waals surface area contributed by atoms with E-state index in [1.807, 2.05) is 0 Å². The SMILES string of the molecule is CCc1nn(CCN(C)C)c(CC)c1CCN. The summed E-state index contributed by atoms with van der Waals surface area (Å²) in [5, 5.41) is 4.72. The van der Waals surface area contributed by atoms with Crippen LogP contribution in [-0.2, 0) is 25.8 Å². The van der Waals surface area contributed by atoms with E-state index in [1.165, 1.54) is 17.0 Å². The maximum Gasteiger partial charge on any atom is 0.0657 e. The van der Waals surface area contributed by atoms with Gasteiger partial charge in [-0.3, -0.25) is 4.68 Å². The van der Waals surface area contributed by atoms with Crippen molar-refractivity contribution in [2.75, 3.05) is 27.2 Å². The van der Waals surface area contributed by atoms with Gasteiger partial charge in [-0.2, -0.15) is 5.10 Å². The van der Waals surface area contributed by atoms with Crippen LogP contribution in [0.5, 0.6) is 0 Å². The lowest BCUT2D eigenvalue weighted by atomic mass is 10.1. The van der Waals surface area contributed by atoms with E-state index in [1.54, 1.807) is 0 Å². The van der Waals surface area contributed by atoms with Crippen LogP contribution in [0.15, 0.2) is 0 Å². The standard InChI is InChI=1S/C13H26N4/c1-5-12-11(7-8-14)13(6-2)17(15-12)10-9-16(3)4/h5-10,14H2,1-4H3. The largest absolute Gasteiger partial charge is 0.330 e. The molecule has 0 unspecified atom stereocenters. The van der Waals surface area contributed by atoms with Crippen molar-refractivity contribution in [1.82, 2.24) is 14.7 Å². The molecule has 0 bridgehead atoms. The van der Waals surface area contributed by atoms with Crippen LogP contribution in [0, 0.1) is 0 Å². The van der Waals surface area contributed by atoms with E-state index in [0.717, 1.165) is 32.4 Å². The Balaban J connectivity index is 2.95. The number of hydrogen-bond acceptors (Lipinski definition) is 3. The molecular weight excluding hydrogens is 212 g/mol. The lowest BCUT2D eigenvalue weighted by Crippen LogP contribution is -2.20. The molecule has 0 aliphatic rings. The second kappa shape index (κ2) is 6.77. The number of hydrogen-bond donors (Lipinski definition) is 1. The first-order valence-corrected chi connectivity index (χ1v) is 6.56. The minimum absolute atomic E-state index is 0.708. The van der Waals surface area contributed by atoms with Crippen molar-refractivity contribution in [1.29, 1.82) is 0 Å². The summed E-state index contributed by atoms with van der Waals surface area (Å²) in [5.41, 5.74) is 9.68. The maximum atomic E-state index is 5.69. The minimum atomic E-state index is 0.708. The first-order chi connectivity index (χ1) is 8.13. The summed E-state index contributed by atoms with van der Waals surface area (Å²) in [7, 11) is 4.19. The lowest BCUT2D eigenvalue weighted by Gasteiger charge is -2.11. The van der Waals surface area contributed by atoms with Crippen molar-refractivity contribution in [2.45, 2.75) is 39.7 Å². The van der Waals surface area contributed by atoms with Gasteiger partial charge < -0.3 is 10.6 Å². The van der Waals surface area contributed by atoms with Gasteiger partial charge in [0.25, 0.3) is 0 Å². The first-order valence-electron chi connectivity index (χ1n) is 6.56. The zero-order valence-corrected chi connectivity index (χ0v) is 11.7. The van der Waals surface area contributed by atoms with E-state index in [-0.39, 0.29) is 0 Å². The third kappa shape index (κ3) is 3.54. The van der Waals surface area contributed by atoms with E-state index in [4.69, 9.17) is 10.8 Å². The number of nitrogens with zero attached hydrogens (tertiary/aromatic N) is 3. The van der Waals surface area contributed by atoms with Crippen LogP contribution in [0.4, 0.5) is 0 Å². The molecule has 0 aliphatic carbocycles. The van der Waals surface area contributed by atoms with E-state index >= 15 is 0 Å². The second-order valence-corrected chi connectivity index (χ2v) is 4.64. The van der Waals surface area contributed by atoms with Gasteiger partial charge in [0, 0.05) is 12.2 Å². The van der Waals surface area contributed by atoms with Crippen LogP contribution in [-0.4, -0.2) is 41.9 Å². The fraction of sp³-hybridized carbons (Fsp3) is 0.769. The highest BCUT2D eigenvalue weighted by Gasteiger charge is 2.14. The molecule has 1 rings (SSSR count). The molecule has 0 radical (unpaired) electrons. The Morgan fingerprint density at radius 2 is 1.94 bits per heavy atom. The normalized spacial score (nSPS) is 11.4. The first kappa shape index (κ1) is 14.2. The number of aryl methyl sites for hydroxylation is 1. The van der Waals surface area contributed by atoms with Crippen molar-refractivity contribution >= 4 is 0 Å². The predicted octanol–water partition coefficient (Wildman–Crippen LogP) is 1.07. The van der Waals surface area contributed by atoms with Crippen LogP contribution in [0.3, 0.4) is 0 Å². The summed E-state index contributed by atoms with van der Waals surface area (Å²) < 4.78 is 2.17. The molecule has 0 aliphatic heterocycles. The Hall–Kier alpha value is -0.870. The number of likely N-dealkylation sites (N-methyl/N-ethyl adjacent to an activating group) is 1. The van der Waals surface area contributed by atoms with Gasteiger partial charge in [-0.25, -0.2) is 0 Å². The van der Waals surface area contributed by atoms with Crippen LogP contribution in [0.2, 0.25) is 0 Å². The van der Waals surface area contributed by atoms with Gasteiger partial charge in [-0.15, -0.1) is 0 Å². The molecule has 2 N–H and O–H groups in total. The Bertz CT molecular complexity index is 341. The number of nitrogens with two attached hydrogens (primary N) is 1. The minimum Gasteiger partial charge on any atom is -0.330 e. The topological polar surface area (TPSA) is 47.1 Å². The fourth-order valence-electron chi connectivity index (χ4n) is 2.18. The highest BCUT2D eigenvalue weighted by molar-refractivity contribution is 5.27. The molecule has 98 valence electrons. The van der Waals surface area contributed by atoms with Crippen molar-refractivity contribution in [3.63, 3.8) is 0 Å². The molecule has 0 atom stereocenters. The molecule has 0 fully saturated rings. The molecule has 0 amide bonds. The number of aromatic nitrogens is 2. The molecule has 0 saturated carbocycles. The van der Waals surface area contributed by atoms with E-state index < -0.39 is 0 Å². The van der Waals surface area contributed by atoms with E-state index in [9.17, 15) is 0 Å². The summed E-state index contributed by atoms with van der Waals surface area (Å²) in [6.45, 7) is 7.06. The molecule has 1 aromatic heterocycles. The van der Waals surface area contributed by atoms with Crippen LogP contribution in [0.25, 0.3) is 0 Å². The highest BCUT2D eigenvalue weighted by Crippen LogP contribution is 2.16. The van der Waals surface area contributed by atoms with E-state index in [0.29, 0.717) is 6.54 Å². The van der Waals surface area contributed by atoms with Crippen molar-refractivity contribution in [3.05, 3.63) is 17.0 Å². The third-order valence-corrected chi connectivity index (χ3v) is 3.07. The Kier molecular flexibility index (Phi) is 5.65. The van der Waals surface area contributed by atoms with Crippen LogP contribution in [0.1, 0.15) is 30.8 Å². The van der Waals surface area contributed by atoms with Gasteiger partial charge in [0.05, 0.1) is 12.2 Å². The van der Waals surface area contributed by atoms with Crippen molar-refractivity contribution in [2.24, 2.45) is 5.73 Å². The Morgan fingerprint density at radius 1 is 1.24 bits per heavy atom. The van der Waals surface area contributed by atoms with Gasteiger partial charge in [0.15, 0.2) is 0 Å². The molecule has 0 spiro atoms. The van der Waals surface area contributed by atoms with Gasteiger partial charge >= 0.3 is 0 Å². The van der Waals surface area contributed by atoms with Crippen LogP contribution >= 0.6 is 0 Å². The summed E-state index contributed by atoms with van der Waals surface area (Å²) in [6.07, 6.45) is 2.99. The van der Waals surface area contributed by atoms with Gasteiger partial charge in [-0.05, 0) is 45.5 Å². The summed E-state index contributed by atoms with van der Waals surface area (Å²) in [6, 6.07) is 0. The summed E-state index contributed by atoms with van der Waals surface area (Å²) in [4.78, 5) is 2.19. The zero-order valence-electron chi connectivity index (χ0n) is 11.7. The second-order valence-electron chi connectivity index (χ2n) is 4.64. The van der Waals surface area contributed by atoms with Gasteiger partial charge in [0.2, 0.25) is 0 Å². The molecule has 1 aromatic rings. The lowest BCUT2D eigenvalue weighted by molar-refractivity contribution is 0.369. The molecule has 0 saturated heterocycles. The van der Waals surface area contributed by atoms with Crippen molar-refractivity contribution < 1.29 is 0 Å². The van der Waals surface area contributed by atoms with Crippen LogP contribution < -0.4 is 5.73 Å². The average Bonchev–Trinajstić information content (AvgIpc) is 2.64. The van der Waals surface area contributed by atoms with E-state index in [2.05, 4.69) is 37.5 Å². The maximum absolute atomic E-state index is 5.69.